The highest BCUT2D eigenvalue weighted by molar-refractivity contribution is 7.57. The highest BCUT2D eigenvalue weighted by Crippen LogP contribution is 2.67. The van der Waals surface area contributed by atoms with Gasteiger partial charge in [0.05, 0.1) is 5.60 Å². The lowest BCUT2D eigenvalue weighted by Gasteiger charge is -2.50. The molecule has 1 saturated heterocycles. The molecular formula is C16H27N2O2P. The predicted molar refractivity (Wildman–Crippen MR) is 87.2 cm³/mol. The van der Waals surface area contributed by atoms with Gasteiger partial charge in [0.2, 0.25) is 0 Å². The summed E-state index contributed by atoms with van der Waals surface area (Å²) in [4.78, 5) is 0. The van der Waals surface area contributed by atoms with Gasteiger partial charge in [0, 0.05) is 12.1 Å². The summed E-state index contributed by atoms with van der Waals surface area (Å²) in [5.74, 6) is -0.627. The van der Waals surface area contributed by atoms with Crippen molar-refractivity contribution in [2.24, 2.45) is 5.73 Å². The van der Waals surface area contributed by atoms with Crippen molar-refractivity contribution in [3.63, 3.8) is 0 Å². The molecule has 0 aromatic heterocycles. The quantitative estimate of drug-likeness (QED) is 0.834. The molecule has 1 aromatic carbocycles. The number of rotatable bonds is 2. The highest BCUT2D eigenvalue weighted by atomic mass is 31.2. The van der Waals surface area contributed by atoms with Crippen molar-refractivity contribution in [2.75, 3.05) is 6.54 Å². The van der Waals surface area contributed by atoms with Crippen LogP contribution in [0.3, 0.4) is 0 Å². The van der Waals surface area contributed by atoms with Gasteiger partial charge in [-0.3, -0.25) is 4.57 Å². The van der Waals surface area contributed by atoms with E-state index in [2.05, 4.69) is 20.8 Å². The zero-order valence-corrected chi connectivity index (χ0v) is 14.6. The van der Waals surface area contributed by atoms with Crippen molar-refractivity contribution >= 4 is 7.52 Å². The van der Waals surface area contributed by atoms with E-state index in [9.17, 15) is 4.57 Å². The predicted octanol–water partition coefficient (Wildman–Crippen LogP) is 4.14. The first-order valence-electron chi connectivity index (χ1n) is 7.45. The Bertz CT molecular complexity index is 537. The van der Waals surface area contributed by atoms with E-state index in [0.29, 0.717) is 0 Å². The molecule has 21 heavy (non-hydrogen) atoms. The maximum Gasteiger partial charge on any atom is 0.294 e. The first kappa shape index (κ1) is 16.7. The van der Waals surface area contributed by atoms with Crippen LogP contribution in [-0.2, 0) is 9.09 Å². The molecule has 2 rings (SSSR count). The lowest BCUT2D eigenvalue weighted by atomic mass is 10.0. The molecule has 5 heteroatoms. The van der Waals surface area contributed by atoms with Crippen LogP contribution in [0.25, 0.3) is 0 Å². The van der Waals surface area contributed by atoms with E-state index in [1.807, 2.05) is 48.8 Å². The lowest BCUT2D eigenvalue weighted by molar-refractivity contribution is 0.0280. The molecule has 4 nitrogen and oxygen atoms in total. The van der Waals surface area contributed by atoms with Crippen LogP contribution in [0.1, 0.15) is 52.4 Å². The van der Waals surface area contributed by atoms with Gasteiger partial charge in [0.25, 0.3) is 7.52 Å². The van der Waals surface area contributed by atoms with E-state index in [1.165, 1.54) is 0 Å². The lowest BCUT2D eigenvalue weighted by Crippen LogP contribution is -2.49. The van der Waals surface area contributed by atoms with Crippen LogP contribution in [0.2, 0.25) is 0 Å². The van der Waals surface area contributed by atoms with Gasteiger partial charge >= 0.3 is 0 Å². The maximum atomic E-state index is 13.7. The average Bonchev–Trinajstić information content (AvgIpc) is 2.36. The summed E-state index contributed by atoms with van der Waals surface area (Å²) < 4.78 is 21.7. The summed E-state index contributed by atoms with van der Waals surface area (Å²) >= 11 is 0. The second-order valence-electron chi connectivity index (χ2n) is 7.31. The van der Waals surface area contributed by atoms with Gasteiger partial charge in [-0.25, -0.2) is 4.67 Å². The summed E-state index contributed by atoms with van der Waals surface area (Å²) in [6.45, 7) is 10.9. The minimum Gasteiger partial charge on any atom is -0.315 e. The fourth-order valence-electron chi connectivity index (χ4n) is 2.76. The average molecular weight is 310 g/mol. The van der Waals surface area contributed by atoms with E-state index in [1.54, 1.807) is 0 Å². The fraction of sp³-hybridized carbons (Fsp3) is 0.625. The summed E-state index contributed by atoms with van der Waals surface area (Å²) in [5.41, 5.74) is 6.57. The van der Waals surface area contributed by atoms with E-state index >= 15 is 0 Å². The molecule has 1 aliphatic heterocycles. The number of hydrogen-bond acceptors (Lipinski definition) is 3. The van der Waals surface area contributed by atoms with Crippen molar-refractivity contribution < 1.29 is 9.09 Å². The van der Waals surface area contributed by atoms with Crippen molar-refractivity contribution in [1.82, 2.24) is 4.67 Å². The Labute approximate surface area is 128 Å². The molecular weight excluding hydrogens is 283 g/mol. The second kappa shape index (κ2) is 5.51. The normalized spacial score (nSPS) is 28.3. The van der Waals surface area contributed by atoms with Crippen LogP contribution in [-0.4, -0.2) is 22.4 Å². The molecule has 1 fully saturated rings. The first-order chi connectivity index (χ1) is 9.56. The van der Waals surface area contributed by atoms with E-state index < -0.39 is 18.9 Å². The molecule has 0 spiro atoms. The molecule has 2 N–H and O–H groups in total. The zero-order chi connectivity index (χ0) is 15.9. The molecule has 0 saturated carbocycles. The number of nitrogens with two attached hydrogens (primary N) is 1. The third-order valence-corrected chi connectivity index (χ3v) is 7.14. The number of benzene rings is 1. The molecule has 1 heterocycles. The number of hydrogen-bond donors (Lipinski definition) is 1. The van der Waals surface area contributed by atoms with E-state index in [-0.39, 0.29) is 5.54 Å². The number of nitrogens with zero attached hydrogens (tertiary/aromatic N) is 1. The third kappa shape index (κ3) is 3.40. The Balaban J connectivity index is 2.44. The molecule has 118 valence electrons. The van der Waals surface area contributed by atoms with Gasteiger partial charge in [-0.1, -0.05) is 30.3 Å². The van der Waals surface area contributed by atoms with Gasteiger partial charge in [-0.2, -0.15) is 0 Å². The molecule has 2 atom stereocenters. The second-order valence-corrected chi connectivity index (χ2v) is 9.66. The molecule has 0 bridgehead atoms. The van der Waals surface area contributed by atoms with Crippen LogP contribution >= 0.6 is 7.52 Å². The van der Waals surface area contributed by atoms with Gasteiger partial charge < -0.3 is 10.3 Å². The van der Waals surface area contributed by atoms with Crippen LogP contribution in [0, 0.1) is 0 Å². The van der Waals surface area contributed by atoms with Gasteiger partial charge in [0.1, 0.15) is 5.78 Å². The minimum absolute atomic E-state index is 0.252. The summed E-state index contributed by atoms with van der Waals surface area (Å²) in [6.07, 6.45) is 0.843. The topological polar surface area (TPSA) is 55.6 Å². The molecule has 0 amide bonds. The third-order valence-electron chi connectivity index (χ3n) is 3.91. The first-order valence-corrected chi connectivity index (χ1v) is 9.10. The van der Waals surface area contributed by atoms with Crippen molar-refractivity contribution in [1.29, 1.82) is 0 Å². The summed E-state index contributed by atoms with van der Waals surface area (Å²) in [5, 5.41) is 0. The molecule has 2 unspecified atom stereocenters. The minimum atomic E-state index is -3.17. The van der Waals surface area contributed by atoms with Crippen LogP contribution in [0.5, 0.6) is 0 Å². The smallest absolute Gasteiger partial charge is 0.294 e. The molecule has 1 aromatic rings. The summed E-state index contributed by atoms with van der Waals surface area (Å²) in [6, 6.07) is 9.58. The molecule has 1 aliphatic rings. The monoisotopic (exact) mass is 310 g/mol. The highest BCUT2D eigenvalue weighted by Gasteiger charge is 2.50. The van der Waals surface area contributed by atoms with Crippen LogP contribution in [0.4, 0.5) is 0 Å². The van der Waals surface area contributed by atoms with Gasteiger partial charge in [-0.15, -0.1) is 0 Å². The van der Waals surface area contributed by atoms with E-state index in [0.717, 1.165) is 18.5 Å². The summed E-state index contributed by atoms with van der Waals surface area (Å²) in [7, 11) is -3.17. The van der Waals surface area contributed by atoms with Gasteiger partial charge in [0.15, 0.2) is 0 Å². The van der Waals surface area contributed by atoms with Crippen molar-refractivity contribution in [2.45, 2.75) is 58.0 Å². The Morgan fingerprint density at radius 2 is 1.86 bits per heavy atom. The van der Waals surface area contributed by atoms with E-state index in [4.69, 9.17) is 10.3 Å². The SMILES string of the molecule is CC1(C)CCN(C(C)(C)C)P(=O)(C(N)c2ccccc2)O1. The Kier molecular flexibility index (Phi) is 4.38. The van der Waals surface area contributed by atoms with Crippen LogP contribution < -0.4 is 5.73 Å². The Morgan fingerprint density at radius 3 is 2.38 bits per heavy atom. The fourth-order valence-corrected chi connectivity index (χ4v) is 5.84. The Hall–Kier alpha value is -0.670. The Morgan fingerprint density at radius 1 is 1.29 bits per heavy atom. The van der Waals surface area contributed by atoms with Crippen molar-refractivity contribution in [3.05, 3.63) is 35.9 Å². The standard InChI is InChI=1S/C16H27N2O2P/c1-15(2,3)18-12-11-16(4,5)20-21(18,19)14(17)13-9-7-6-8-10-13/h6-10,14H,11-12,17H2,1-5H3. The maximum absolute atomic E-state index is 13.7. The molecule has 0 radical (unpaired) electrons. The van der Waals surface area contributed by atoms with Gasteiger partial charge in [-0.05, 0) is 46.6 Å². The zero-order valence-electron chi connectivity index (χ0n) is 13.7. The van der Waals surface area contributed by atoms with Crippen molar-refractivity contribution in [3.8, 4) is 0 Å². The largest absolute Gasteiger partial charge is 0.315 e. The molecule has 0 aliphatic carbocycles. The van der Waals surface area contributed by atoms with Crippen LogP contribution in [0.15, 0.2) is 30.3 Å².